The van der Waals surface area contributed by atoms with Gasteiger partial charge in [0.1, 0.15) is 22.7 Å². The first kappa shape index (κ1) is 22.4. The Morgan fingerprint density at radius 3 is 2.55 bits per heavy atom. The number of rotatable bonds is 7. The van der Waals surface area contributed by atoms with Crippen molar-refractivity contribution < 1.29 is 27.8 Å². The van der Waals surface area contributed by atoms with E-state index in [0.29, 0.717) is 34.1 Å². The molecule has 0 aliphatic heterocycles. The van der Waals surface area contributed by atoms with E-state index in [1.807, 2.05) is 0 Å². The number of allylic oxidation sites excluding steroid dienone is 1. The second kappa shape index (κ2) is 9.34. The number of carbonyl (C=O) groups excluding carboxylic acids is 2. The van der Waals surface area contributed by atoms with Crippen LogP contribution in [0.2, 0.25) is 0 Å². The van der Waals surface area contributed by atoms with Crippen molar-refractivity contribution in [3.05, 3.63) is 93.9 Å². The molecule has 0 saturated heterocycles. The van der Waals surface area contributed by atoms with E-state index in [9.17, 15) is 18.4 Å². The Kier molecular flexibility index (Phi) is 6.33. The average Bonchev–Trinajstić information content (AvgIpc) is 3.16. The fourth-order valence-corrected chi connectivity index (χ4v) is 4.51. The van der Waals surface area contributed by atoms with E-state index in [0.717, 1.165) is 4.70 Å². The Hall–Kier alpha value is -3.84. The minimum absolute atomic E-state index is 0.0707. The highest BCUT2D eigenvalue weighted by atomic mass is 32.1. The van der Waals surface area contributed by atoms with E-state index >= 15 is 0 Å². The molecule has 1 aromatic heterocycles. The number of hydrogen-bond acceptors (Lipinski definition) is 5. The molecule has 1 heterocycles. The lowest BCUT2D eigenvalue weighted by atomic mass is 10.0. The zero-order chi connectivity index (χ0) is 23.5. The highest BCUT2D eigenvalue weighted by Crippen LogP contribution is 2.43. The van der Waals surface area contributed by atoms with Crippen LogP contribution in [0.5, 0.6) is 17.2 Å². The van der Waals surface area contributed by atoms with Gasteiger partial charge in [0.25, 0.3) is 0 Å². The van der Waals surface area contributed by atoms with Gasteiger partial charge in [-0.25, -0.2) is 8.78 Å². The van der Waals surface area contributed by atoms with Crippen molar-refractivity contribution in [3.8, 4) is 17.2 Å². The van der Waals surface area contributed by atoms with Crippen molar-refractivity contribution in [2.75, 3.05) is 7.11 Å². The van der Waals surface area contributed by atoms with Gasteiger partial charge in [0.05, 0.1) is 7.11 Å². The number of aldehydes is 1. The lowest BCUT2D eigenvalue weighted by Crippen LogP contribution is -2.04. The summed E-state index contributed by atoms with van der Waals surface area (Å²) < 4.78 is 40.3. The van der Waals surface area contributed by atoms with Crippen molar-refractivity contribution in [1.29, 1.82) is 0 Å². The van der Waals surface area contributed by atoms with E-state index in [2.05, 4.69) is 0 Å². The Bertz CT molecular complexity index is 1410. The molecule has 0 amide bonds. The van der Waals surface area contributed by atoms with Crippen LogP contribution in [-0.4, -0.2) is 19.2 Å². The van der Waals surface area contributed by atoms with Gasteiger partial charge in [-0.1, -0.05) is 12.1 Å². The molecule has 0 saturated carbocycles. The van der Waals surface area contributed by atoms with Gasteiger partial charge in [0, 0.05) is 15.6 Å². The average molecular weight is 464 g/mol. The molecule has 0 aliphatic rings. The fraction of sp³-hybridized carbons (Fsp3) is 0.0769. The number of hydrogen-bond donors (Lipinski definition) is 0. The monoisotopic (exact) mass is 464 g/mol. The second-order valence-corrected chi connectivity index (χ2v) is 8.25. The summed E-state index contributed by atoms with van der Waals surface area (Å²) in [6, 6.07) is 13.4. The molecule has 33 heavy (non-hydrogen) atoms. The lowest BCUT2D eigenvalue weighted by Gasteiger charge is -2.10. The molecule has 0 spiro atoms. The molecule has 0 aliphatic carbocycles. The largest absolute Gasteiger partial charge is 0.497 e. The third-order valence-corrected chi connectivity index (χ3v) is 6.16. The highest BCUT2D eigenvalue weighted by Gasteiger charge is 2.24. The molecule has 7 heteroatoms. The summed E-state index contributed by atoms with van der Waals surface area (Å²) in [6.45, 7) is 1.65. The first-order valence-electron chi connectivity index (χ1n) is 9.92. The maximum Gasteiger partial charge on any atom is 0.207 e. The molecule has 4 nitrogen and oxygen atoms in total. The van der Waals surface area contributed by atoms with E-state index in [4.69, 9.17) is 9.47 Å². The first-order chi connectivity index (χ1) is 15.9. The summed E-state index contributed by atoms with van der Waals surface area (Å²) in [6.07, 6.45) is 3.33. The van der Waals surface area contributed by atoms with Gasteiger partial charge in [0.2, 0.25) is 5.78 Å². The van der Waals surface area contributed by atoms with Crippen LogP contribution in [0.4, 0.5) is 8.78 Å². The van der Waals surface area contributed by atoms with Crippen LogP contribution in [0, 0.1) is 18.6 Å². The maximum absolute atomic E-state index is 14.8. The molecular weight excluding hydrogens is 446 g/mol. The zero-order valence-corrected chi connectivity index (χ0v) is 18.5. The Balaban J connectivity index is 1.83. The van der Waals surface area contributed by atoms with Crippen molar-refractivity contribution in [3.63, 3.8) is 0 Å². The molecule has 0 radical (unpaired) electrons. The van der Waals surface area contributed by atoms with Crippen LogP contribution < -0.4 is 9.47 Å². The van der Waals surface area contributed by atoms with Crippen molar-refractivity contribution in [1.82, 2.24) is 0 Å². The van der Waals surface area contributed by atoms with Crippen molar-refractivity contribution in [2.24, 2.45) is 0 Å². The quantitative estimate of drug-likeness (QED) is 0.173. The number of ether oxygens (including phenoxy) is 2. The van der Waals surface area contributed by atoms with Gasteiger partial charge in [-0.05, 0) is 72.7 Å². The Morgan fingerprint density at radius 1 is 1.03 bits per heavy atom. The van der Waals surface area contributed by atoms with E-state index < -0.39 is 11.6 Å². The summed E-state index contributed by atoms with van der Waals surface area (Å²) in [4.78, 5) is 24.2. The smallest absolute Gasteiger partial charge is 0.207 e. The van der Waals surface area contributed by atoms with Crippen LogP contribution >= 0.6 is 11.3 Å². The summed E-state index contributed by atoms with van der Waals surface area (Å²) in [5.41, 5.74) is 1.30. The normalized spacial score (nSPS) is 11.2. The predicted molar refractivity (Wildman–Crippen MR) is 125 cm³/mol. The van der Waals surface area contributed by atoms with Crippen LogP contribution in [0.3, 0.4) is 0 Å². The first-order valence-corrected chi connectivity index (χ1v) is 10.7. The number of benzene rings is 3. The molecule has 0 N–H and O–H groups in total. The molecule has 3 aromatic carbocycles. The summed E-state index contributed by atoms with van der Waals surface area (Å²) in [7, 11) is 1.54. The van der Waals surface area contributed by atoms with Gasteiger partial charge in [-0.15, -0.1) is 11.3 Å². The van der Waals surface area contributed by atoms with Gasteiger partial charge in [-0.3, -0.25) is 9.59 Å². The molecule has 0 bridgehead atoms. The third-order valence-electron chi connectivity index (χ3n) is 5.03. The highest BCUT2D eigenvalue weighted by molar-refractivity contribution is 7.21. The lowest BCUT2D eigenvalue weighted by molar-refractivity contribution is -0.104. The van der Waals surface area contributed by atoms with Crippen molar-refractivity contribution in [2.45, 2.75) is 6.92 Å². The van der Waals surface area contributed by atoms with Crippen LogP contribution in [0.25, 0.3) is 16.2 Å². The Labute approximate surface area is 192 Å². The molecule has 166 valence electrons. The van der Waals surface area contributed by atoms with E-state index in [-0.39, 0.29) is 22.2 Å². The number of methoxy groups -OCH3 is 1. The van der Waals surface area contributed by atoms with Gasteiger partial charge in [-0.2, -0.15) is 0 Å². The van der Waals surface area contributed by atoms with Gasteiger partial charge in [0.15, 0.2) is 17.3 Å². The van der Waals surface area contributed by atoms with Crippen LogP contribution in [-0.2, 0) is 4.79 Å². The zero-order valence-electron chi connectivity index (χ0n) is 17.7. The minimum atomic E-state index is -0.646. The topological polar surface area (TPSA) is 52.6 Å². The number of fused-ring (bicyclic) bond motifs is 1. The Morgan fingerprint density at radius 2 is 1.85 bits per heavy atom. The van der Waals surface area contributed by atoms with Crippen LogP contribution in [0.15, 0.2) is 60.7 Å². The summed E-state index contributed by atoms with van der Waals surface area (Å²) in [5.74, 6) is -0.696. The molecule has 0 fully saturated rings. The van der Waals surface area contributed by atoms with Crippen molar-refractivity contribution >= 4 is 39.6 Å². The summed E-state index contributed by atoms with van der Waals surface area (Å²) in [5, 5.41) is 0.619. The predicted octanol–water partition coefficient (Wildman–Crippen LogP) is 6.73. The number of ketones is 1. The molecule has 4 rings (SSSR count). The maximum atomic E-state index is 14.8. The second-order valence-electron chi connectivity index (χ2n) is 7.20. The third kappa shape index (κ3) is 4.54. The van der Waals surface area contributed by atoms with E-state index in [1.54, 1.807) is 31.2 Å². The number of halogens is 2. The number of thiophene rings is 1. The van der Waals surface area contributed by atoms with Gasteiger partial charge < -0.3 is 9.47 Å². The van der Waals surface area contributed by atoms with Gasteiger partial charge >= 0.3 is 0 Å². The van der Waals surface area contributed by atoms with E-state index in [1.165, 1.54) is 60.9 Å². The minimum Gasteiger partial charge on any atom is -0.497 e. The molecule has 0 unspecified atom stereocenters. The number of aryl methyl sites for hydroxylation is 1. The molecule has 4 aromatic rings. The molecule has 0 atom stereocenters. The standard InChI is InChI=1S/C26H18F2O4S/c1-15-12-17(27)6-8-19(15)24(30)26-25(20-9-7-18(31-2)14-23(20)33-26)32-22-10-5-16(4-3-11-29)13-21(22)28/h3-14H,1-2H3/b4-3+. The fourth-order valence-electron chi connectivity index (χ4n) is 3.40. The summed E-state index contributed by atoms with van der Waals surface area (Å²) >= 11 is 1.19. The SMILES string of the molecule is COc1ccc2c(Oc3ccc(/C=C/C=O)cc3F)c(C(=O)c3ccc(F)cc3C)sc2c1. The van der Waals surface area contributed by atoms with Crippen LogP contribution in [0.1, 0.15) is 26.4 Å². The molecular formula is C26H18F2O4S. The number of carbonyl (C=O) groups is 2.